The maximum atomic E-state index is 13.0. The number of amidine groups is 1. The average molecular weight is 514 g/mol. The summed E-state index contributed by atoms with van der Waals surface area (Å²) in [5.41, 5.74) is 0.399. The summed E-state index contributed by atoms with van der Waals surface area (Å²) >= 11 is 4.18. The summed E-state index contributed by atoms with van der Waals surface area (Å²) < 4.78 is 42.7. The van der Waals surface area contributed by atoms with Gasteiger partial charge in [0.1, 0.15) is 11.1 Å². The molecule has 30 heavy (non-hydrogen) atoms. The zero-order valence-corrected chi connectivity index (χ0v) is 18.9. The van der Waals surface area contributed by atoms with Gasteiger partial charge in [-0.2, -0.15) is 8.42 Å². The van der Waals surface area contributed by atoms with Crippen LogP contribution in [0.3, 0.4) is 0 Å². The second-order valence-electron chi connectivity index (χ2n) is 6.25. The number of anilines is 1. The molecule has 1 saturated heterocycles. The first-order chi connectivity index (χ1) is 14.2. The van der Waals surface area contributed by atoms with Gasteiger partial charge in [0, 0.05) is 23.1 Å². The summed E-state index contributed by atoms with van der Waals surface area (Å²) in [6, 6.07) is 11.2. The molecule has 11 heteroatoms. The summed E-state index contributed by atoms with van der Waals surface area (Å²) in [4.78, 5) is 26.2. The number of hydrogen-bond donors (Lipinski definition) is 1. The maximum Gasteiger partial charge on any atom is 0.284 e. The number of hydrogen-bond acceptors (Lipinski definition) is 5. The van der Waals surface area contributed by atoms with Crippen LogP contribution in [0.1, 0.15) is 13.3 Å². The number of thioether (sulfide) groups is 1. The summed E-state index contributed by atoms with van der Waals surface area (Å²) in [7, 11) is -4.02. The molecule has 1 fully saturated rings. The van der Waals surface area contributed by atoms with Gasteiger partial charge in [0.25, 0.3) is 10.0 Å². The highest BCUT2D eigenvalue weighted by atomic mass is 79.9. The first-order valence-electron chi connectivity index (χ1n) is 8.83. The molecule has 0 radical (unpaired) electrons. The lowest BCUT2D eigenvalue weighted by Gasteiger charge is -2.13. The Morgan fingerprint density at radius 1 is 1.20 bits per heavy atom. The van der Waals surface area contributed by atoms with Crippen LogP contribution in [0.15, 0.2) is 62.3 Å². The van der Waals surface area contributed by atoms with Crippen LogP contribution < -0.4 is 5.32 Å². The zero-order chi connectivity index (χ0) is 21.9. The number of halogens is 2. The maximum absolute atomic E-state index is 13.0. The third-order valence-corrected chi connectivity index (χ3v) is 7.25. The van der Waals surface area contributed by atoms with Crippen molar-refractivity contribution in [3.8, 4) is 0 Å². The van der Waals surface area contributed by atoms with Gasteiger partial charge in [0.15, 0.2) is 5.17 Å². The van der Waals surface area contributed by atoms with E-state index in [1.165, 1.54) is 41.3 Å². The number of amides is 2. The molecule has 3 rings (SSSR count). The van der Waals surface area contributed by atoms with Crippen molar-refractivity contribution in [3.63, 3.8) is 0 Å². The largest absolute Gasteiger partial charge is 0.326 e. The summed E-state index contributed by atoms with van der Waals surface area (Å²) in [5.74, 6) is -1.26. The standard InChI is InChI=1S/C19H17BrFN3O4S2/c1-2-24-18(26)16(11-17(25)22-14-7-5-13(21)6-8-14)29-19(24)23-30(27,28)15-9-3-12(20)4-10-15/h3-10,16H,2,11H2,1H3,(H,22,25)/t16-/m1/s1. The molecular formula is C19H17BrFN3O4S2. The Balaban J connectivity index is 1.75. The Hall–Kier alpha value is -2.24. The quantitative estimate of drug-likeness (QED) is 0.636. The van der Waals surface area contributed by atoms with Gasteiger partial charge in [-0.1, -0.05) is 27.7 Å². The lowest BCUT2D eigenvalue weighted by Crippen LogP contribution is -2.33. The van der Waals surface area contributed by atoms with Crippen molar-refractivity contribution in [2.24, 2.45) is 4.40 Å². The fraction of sp³-hybridized carbons (Fsp3) is 0.211. The third-order valence-electron chi connectivity index (χ3n) is 4.14. The van der Waals surface area contributed by atoms with E-state index in [0.29, 0.717) is 5.69 Å². The monoisotopic (exact) mass is 513 g/mol. The number of nitrogens with one attached hydrogen (secondary N) is 1. The van der Waals surface area contributed by atoms with E-state index in [1.54, 1.807) is 19.1 Å². The van der Waals surface area contributed by atoms with Crippen LogP contribution in [0.5, 0.6) is 0 Å². The van der Waals surface area contributed by atoms with E-state index < -0.39 is 27.0 Å². The molecule has 0 bridgehead atoms. The number of benzene rings is 2. The number of sulfonamides is 1. The van der Waals surface area contributed by atoms with Crippen LogP contribution in [0.2, 0.25) is 0 Å². The molecule has 0 spiro atoms. The topological polar surface area (TPSA) is 95.9 Å². The third kappa shape index (κ3) is 5.27. The van der Waals surface area contributed by atoms with Crippen LogP contribution in [0.4, 0.5) is 10.1 Å². The van der Waals surface area contributed by atoms with Crippen molar-refractivity contribution in [3.05, 3.63) is 58.8 Å². The molecule has 1 atom stereocenters. The van der Waals surface area contributed by atoms with Gasteiger partial charge in [-0.15, -0.1) is 4.40 Å². The first-order valence-corrected chi connectivity index (χ1v) is 11.9. The van der Waals surface area contributed by atoms with Crippen LogP contribution in [-0.4, -0.2) is 42.1 Å². The van der Waals surface area contributed by atoms with E-state index in [2.05, 4.69) is 25.6 Å². The molecular weight excluding hydrogens is 497 g/mol. The van der Waals surface area contributed by atoms with Crippen molar-refractivity contribution in [2.75, 3.05) is 11.9 Å². The molecule has 2 amide bonds. The number of carbonyl (C=O) groups is 2. The molecule has 0 aromatic heterocycles. The lowest BCUT2D eigenvalue weighted by molar-refractivity contribution is -0.128. The highest BCUT2D eigenvalue weighted by molar-refractivity contribution is 9.10. The molecule has 1 aliphatic heterocycles. The van der Waals surface area contributed by atoms with Crippen LogP contribution in [0, 0.1) is 5.82 Å². The Labute approximate surface area is 185 Å². The van der Waals surface area contributed by atoms with Crippen molar-refractivity contribution < 1.29 is 22.4 Å². The van der Waals surface area contributed by atoms with Gasteiger partial charge in [-0.05, 0) is 55.5 Å². The van der Waals surface area contributed by atoms with Crippen LogP contribution in [0.25, 0.3) is 0 Å². The Morgan fingerprint density at radius 3 is 2.43 bits per heavy atom. The zero-order valence-electron chi connectivity index (χ0n) is 15.7. The molecule has 1 heterocycles. The van der Waals surface area contributed by atoms with Crippen molar-refractivity contribution in [2.45, 2.75) is 23.5 Å². The number of rotatable bonds is 6. The second kappa shape index (κ2) is 9.27. The fourth-order valence-corrected chi connectivity index (χ4v) is 5.36. The Kier molecular flexibility index (Phi) is 6.94. The molecule has 0 unspecified atom stereocenters. The van der Waals surface area contributed by atoms with Gasteiger partial charge in [-0.3, -0.25) is 14.5 Å². The summed E-state index contributed by atoms with van der Waals surface area (Å²) in [6.07, 6.45) is -0.172. The van der Waals surface area contributed by atoms with Gasteiger partial charge < -0.3 is 5.32 Å². The predicted molar refractivity (Wildman–Crippen MR) is 117 cm³/mol. The number of nitrogens with zero attached hydrogens (tertiary/aromatic N) is 2. The van der Waals surface area contributed by atoms with Gasteiger partial charge in [0.05, 0.1) is 4.90 Å². The summed E-state index contributed by atoms with van der Waals surface area (Å²) in [6.45, 7) is 1.91. The van der Waals surface area contributed by atoms with E-state index in [1.807, 2.05) is 0 Å². The fourth-order valence-electron chi connectivity index (χ4n) is 2.68. The highest BCUT2D eigenvalue weighted by Crippen LogP contribution is 2.31. The highest BCUT2D eigenvalue weighted by Gasteiger charge is 2.39. The minimum absolute atomic E-state index is 0.000181. The van der Waals surface area contributed by atoms with E-state index in [-0.39, 0.29) is 28.9 Å². The normalized spacial score (nSPS) is 18.1. The van der Waals surface area contributed by atoms with Crippen LogP contribution in [-0.2, 0) is 19.6 Å². The molecule has 1 aliphatic rings. The Bertz CT molecular complexity index is 1090. The van der Waals surface area contributed by atoms with Crippen molar-refractivity contribution in [1.82, 2.24) is 4.90 Å². The van der Waals surface area contributed by atoms with Gasteiger partial charge >= 0.3 is 0 Å². The smallest absolute Gasteiger partial charge is 0.284 e. The first kappa shape index (κ1) is 22.4. The van der Waals surface area contributed by atoms with Gasteiger partial charge in [-0.25, -0.2) is 4.39 Å². The average Bonchev–Trinajstić information content (AvgIpc) is 2.97. The van der Waals surface area contributed by atoms with Crippen molar-refractivity contribution >= 4 is 60.4 Å². The molecule has 7 nitrogen and oxygen atoms in total. The van der Waals surface area contributed by atoms with E-state index in [9.17, 15) is 22.4 Å². The van der Waals surface area contributed by atoms with E-state index in [4.69, 9.17) is 0 Å². The summed E-state index contributed by atoms with van der Waals surface area (Å²) in [5, 5.41) is 1.82. The van der Waals surface area contributed by atoms with Crippen molar-refractivity contribution in [1.29, 1.82) is 0 Å². The molecule has 1 N–H and O–H groups in total. The number of carbonyl (C=O) groups excluding carboxylic acids is 2. The van der Waals surface area contributed by atoms with Gasteiger partial charge in [0.2, 0.25) is 11.8 Å². The minimum Gasteiger partial charge on any atom is -0.326 e. The van der Waals surface area contributed by atoms with E-state index in [0.717, 1.165) is 16.2 Å². The molecule has 0 aliphatic carbocycles. The second-order valence-corrected chi connectivity index (χ2v) is 9.94. The van der Waals surface area contributed by atoms with E-state index >= 15 is 0 Å². The molecule has 2 aromatic carbocycles. The SMILES string of the molecule is CCN1C(=O)[C@@H](CC(=O)Nc2ccc(F)cc2)SC1=NS(=O)(=O)c1ccc(Br)cc1. The lowest BCUT2D eigenvalue weighted by atomic mass is 10.2. The Morgan fingerprint density at radius 2 is 1.83 bits per heavy atom. The molecule has 0 saturated carbocycles. The molecule has 158 valence electrons. The predicted octanol–water partition coefficient (Wildman–Crippen LogP) is 3.63. The van der Waals surface area contributed by atoms with Crippen LogP contribution >= 0.6 is 27.7 Å². The molecule has 2 aromatic rings. The minimum atomic E-state index is -4.02.